The van der Waals surface area contributed by atoms with E-state index in [9.17, 15) is 4.79 Å². The molecular weight excluding hydrogens is 222 g/mol. The van der Waals surface area contributed by atoms with Gasteiger partial charge in [-0.25, -0.2) is 4.98 Å². The first-order valence-corrected chi connectivity index (χ1v) is 6.47. The Balaban J connectivity index is 1.92. The van der Waals surface area contributed by atoms with Gasteiger partial charge in [-0.1, -0.05) is 24.7 Å². The number of anilines is 1. The number of carbonyl (C=O) groups is 1. The van der Waals surface area contributed by atoms with Gasteiger partial charge in [-0.3, -0.25) is 4.79 Å². The molecule has 2 unspecified atom stereocenters. The second kappa shape index (κ2) is 4.41. The molecule has 0 saturated heterocycles. The van der Waals surface area contributed by atoms with Crippen LogP contribution in [0.3, 0.4) is 0 Å². The lowest BCUT2D eigenvalue weighted by molar-refractivity contribution is 0.0952. The van der Waals surface area contributed by atoms with Gasteiger partial charge in [0.1, 0.15) is 4.88 Å². The van der Waals surface area contributed by atoms with Gasteiger partial charge in [0.05, 0.1) is 5.69 Å². The number of hydrogen-bond acceptors (Lipinski definition) is 4. The normalized spacial score (nSPS) is 23.1. The van der Waals surface area contributed by atoms with Gasteiger partial charge >= 0.3 is 0 Å². The Bertz CT molecular complexity index is 402. The molecule has 0 aliphatic heterocycles. The standard InChI is InChI=1S/C11H17N3OS/c1-3-4-7-5-8(7)14-10(15)9-6(2)13-11(12)16-9/h7-8H,3-5H2,1-2H3,(H2,12,13)(H,14,15). The Kier molecular flexibility index (Phi) is 3.14. The van der Waals surface area contributed by atoms with Crippen LogP contribution in [0.5, 0.6) is 0 Å². The Labute approximate surface area is 99.3 Å². The highest BCUT2D eigenvalue weighted by atomic mass is 32.1. The summed E-state index contributed by atoms with van der Waals surface area (Å²) in [5.74, 6) is 0.662. The van der Waals surface area contributed by atoms with Crippen LogP contribution in [0.15, 0.2) is 0 Å². The first-order valence-electron chi connectivity index (χ1n) is 5.65. The molecule has 16 heavy (non-hydrogen) atoms. The molecule has 0 radical (unpaired) electrons. The van der Waals surface area contributed by atoms with Gasteiger partial charge in [0, 0.05) is 6.04 Å². The summed E-state index contributed by atoms with van der Waals surface area (Å²) in [5, 5.41) is 3.50. The fourth-order valence-electron chi connectivity index (χ4n) is 1.98. The van der Waals surface area contributed by atoms with Crippen molar-refractivity contribution in [1.29, 1.82) is 0 Å². The zero-order chi connectivity index (χ0) is 11.7. The summed E-state index contributed by atoms with van der Waals surface area (Å²) in [4.78, 5) is 16.6. The number of nitrogens with two attached hydrogens (primary N) is 1. The Morgan fingerprint density at radius 1 is 1.69 bits per heavy atom. The third-order valence-corrected chi connectivity index (χ3v) is 3.90. The fourth-order valence-corrected chi connectivity index (χ4v) is 2.71. The molecule has 1 heterocycles. The van der Waals surface area contributed by atoms with Crippen LogP contribution in [-0.2, 0) is 0 Å². The molecule has 2 atom stereocenters. The molecule has 1 amide bonds. The van der Waals surface area contributed by atoms with Crippen molar-refractivity contribution in [2.75, 3.05) is 5.73 Å². The molecule has 5 heteroatoms. The van der Waals surface area contributed by atoms with Gasteiger partial charge in [-0.15, -0.1) is 0 Å². The Morgan fingerprint density at radius 2 is 2.44 bits per heavy atom. The molecule has 4 nitrogen and oxygen atoms in total. The maximum atomic E-state index is 11.9. The number of amides is 1. The van der Waals surface area contributed by atoms with Gasteiger partial charge < -0.3 is 11.1 Å². The van der Waals surface area contributed by atoms with E-state index in [0.717, 1.165) is 12.1 Å². The highest BCUT2D eigenvalue weighted by Crippen LogP contribution is 2.35. The second-order valence-corrected chi connectivity index (χ2v) is 5.36. The van der Waals surface area contributed by atoms with E-state index in [-0.39, 0.29) is 5.91 Å². The lowest BCUT2D eigenvalue weighted by Gasteiger charge is -2.02. The minimum Gasteiger partial charge on any atom is -0.375 e. The van der Waals surface area contributed by atoms with E-state index < -0.39 is 0 Å². The van der Waals surface area contributed by atoms with Crippen molar-refractivity contribution < 1.29 is 4.79 Å². The predicted octanol–water partition coefficient (Wildman–Crippen LogP) is 1.95. The van der Waals surface area contributed by atoms with Crippen molar-refractivity contribution in [3.8, 4) is 0 Å². The first-order chi connectivity index (χ1) is 7.61. The van der Waals surface area contributed by atoms with E-state index >= 15 is 0 Å². The van der Waals surface area contributed by atoms with E-state index in [4.69, 9.17) is 5.73 Å². The summed E-state index contributed by atoms with van der Waals surface area (Å²) in [6, 6.07) is 0.371. The lowest BCUT2D eigenvalue weighted by atomic mass is 10.2. The van der Waals surface area contributed by atoms with Crippen molar-refractivity contribution in [2.24, 2.45) is 5.92 Å². The molecule has 1 fully saturated rings. The molecule has 3 N–H and O–H groups in total. The molecule has 0 spiro atoms. The third kappa shape index (κ3) is 2.35. The quantitative estimate of drug-likeness (QED) is 0.844. The van der Waals surface area contributed by atoms with Crippen molar-refractivity contribution >= 4 is 22.4 Å². The van der Waals surface area contributed by atoms with Crippen molar-refractivity contribution in [3.63, 3.8) is 0 Å². The van der Waals surface area contributed by atoms with E-state index in [2.05, 4.69) is 17.2 Å². The minimum absolute atomic E-state index is 0.0182. The number of hydrogen-bond donors (Lipinski definition) is 2. The van der Waals surface area contributed by atoms with E-state index in [1.54, 1.807) is 0 Å². The smallest absolute Gasteiger partial charge is 0.263 e. The molecule has 0 aromatic carbocycles. The topological polar surface area (TPSA) is 68.0 Å². The lowest BCUT2D eigenvalue weighted by Crippen LogP contribution is -2.26. The number of carbonyl (C=O) groups excluding carboxylic acids is 1. The number of aromatic nitrogens is 1. The molecule has 2 rings (SSSR count). The zero-order valence-corrected chi connectivity index (χ0v) is 10.4. The van der Waals surface area contributed by atoms with Crippen molar-refractivity contribution in [3.05, 3.63) is 10.6 Å². The second-order valence-electron chi connectivity index (χ2n) is 4.33. The average molecular weight is 239 g/mol. The van der Waals surface area contributed by atoms with Crippen LogP contribution >= 0.6 is 11.3 Å². The number of nitrogens with zero attached hydrogens (tertiary/aromatic N) is 1. The maximum Gasteiger partial charge on any atom is 0.263 e. The molecule has 1 aromatic rings. The molecule has 88 valence electrons. The minimum atomic E-state index is -0.0182. The van der Waals surface area contributed by atoms with Crippen LogP contribution < -0.4 is 11.1 Å². The zero-order valence-electron chi connectivity index (χ0n) is 9.62. The van der Waals surface area contributed by atoms with E-state index in [0.29, 0.717) is 22.0 Å². The number of nitrogen functional groups attached to an aromatic ring is 1. The summed E-state index contributed by atoms with van der Waals surface area (Å²) < 4.78 is 0. The monoisotopic (exact) mass is 239 g/mol. The average Bonchev–Trinajstić information content (AvgIpc) is 2.83. The van der Waals surface area contributed by atoms with Crippen LogP contribution in [0.2, 0.25) is 0 Å². The number of rotatable bonds is 4. The van der Waals surface area contributed by atoms with E-state index in [1.165, 1.54) is 24.2 Å². The van der Waals surface area contributed by atoms with Gasteiger partial charge in [0.15, 0.2) is 5.13 Å². The maximum absolute atomic E-state index is 11.9. The molecule has 1 aromatic heterocycles. The van der Waals surface area contributed by atoms with Gasteiger partial charge in [0.2, 0.25) is 0 Å². The van der Waals surface area contributed by atoms with Crippen LogP contribution in [0.25, 0.3) is 0 Å². The third-order valence-electron chi connectivity index (χ3n) is 2.92. The van der Waals surface area contributed by atoms with Crippen LogP contribution in [-0.4, -0.2) is 16.9 Å². The van der Waals surface area contributed by atoms with Gasteiger partial charge in [-0.05, 0) is 25.7 Å². The molecule has 1 aliphatic rings. The highest BCUT2D eigenvalue weighted by molar-refractivity contribution is 7.17. The Morgan fingerprint density at radius 3 is 3.00 bits per heavy atom. The van der Waals surface area contributed by atoms with Crippen LogP contribution in [0.1, 0.15) is 41.6 Å². The van der Waals surface area contributed by atoms with E-state index in [1.807, 2.05) is 6.92 Å². The summed E-state index contributed by atoms with van der Waals surface area (Å²) in [6.45, 7) is 3.99. The largest absolute Gasteiger partial charge is 0.375 e. The number of aryl methyl sites for hydroxylation is 1. The summed E-state index contributed by atoms with van der Waals surface area (Å²) >= 11 is 1.26. The van der Waals surface area contributed by atoms with Crippen molar-refractivity contribution in [2.45, 2.75) is 39.2 Å². The molecule has 1 aliphatic carbocycles. The SMILES string of the molecule is CCCC1CC1NC(=O)c1sc(N)nc1C. The molecule has 0 bridgehead atoms. The van der Waals surface area contributed by atoms with Crippen LogP contribution in [0.4, 0.5) is 5.13 Å². The van der Waals surface area contributed by atoms with Crippen molar-refractivity contribution in [1.82, 2.24) is 10.3 Å². The summed E-state index contributed by atoms with van der Waals surface area (Å²) in [6.07, 6.45) is 3.51. The summed E-state index contributed by atoms with van der Waals surface area (Å²) in [7, 11) is 0. The fraction of sp³-hybridized carbons (Fsp3) is 0.636. The first kappa shape index (κ1) is 11.4. The number of nitrogens with one attached hydrogen (secondary N) is 1. The predicted molar refractivity (Wildman–Crippen MR) is 65.5 cm³/mol. The molecular formula is C11H17N3OS. The van der Waals surface area contributed by atoms with Crippen LogP contribution in [0, 0.1) is 12.8 Å². The molecule has 1 saturated carbocycles. The van der Waals surface area contributed by atoms with Gasteiger partial charge in [-0.2, -0.15) is 0 Å². The number of thiazole rings is 1. The summed E-state index contributed by atoms with van der Waals surface area (Å²) in [5.41, 5.74) is 6.30. The van der Waals surface area contributed by atoms with Gasteiger partial charge in [0.25, 0.3) is 5.91 Å². The highest BCUT2D eigenvalue weighted by Gasteiger charge is 2.37. The Hall–Kier alpha value is -1.10.